The van der Waals surface area contributed by atoms with Crippen LogP contribution >= 0.6 is 0 Å². The standard InChI is InChI=1S/C7H10N4O/c1-2-3-6-10-5(4-8)7(11-9)12-6/h11H,2-3,9H2,1H3. The van der Waals surface area contributed by atoms with E-state index in [0.29, 0.717) is 5.89 Å². The van der Waals surface area contributed by atoms with Gasteiger partial charge in [-0.1, -0.05) is 6.92 Å². The average molecular weight is 166 g/mol. The monoisotopic (exact) mass is 166 g/mol. The van der Waals surface area contributed by atoms with Crippen molar-refractivity contribution in [1.29, 1.82) is 5.26 Å². The number of nitrogen functional groups attached to an aromatic ring is 1. The van der Waals surface area contributed by atoms with Gasteiger partial charge in [-0.25, -0.2) is 10.8 Å². The lowest BCUT2D eigenvalue weighted by Crippen LogP contribution is -2.06. The van der Waals surface area contributed by atoms with E-state index in [-0.39, 0.29) is 11.6 Å². The fourth-order valence-electron chi connectivity index (χ4n) is 0.859. The minimum absolute atomic E-state index is 0.209. The highest BCUT2D eigenvalue weighted by Gasteiger charge is 2.10. The summed E-state index contributed by atoms with van der Waals surface area (Å²) in [7, 11) is 0. The van der Waals surface area contributed by atoms with Gasteiger partial charge in [0.25, 0.3) is 0 Å². The molecule has 12 heavy (non-hydrogen) atoms. The second kappa shape index (κ2) is 3.74. The predicted molar refractivity (Wildman–Crippen MR) is 43.0 cm³/mol. The number of hydrazine groups is 1. The minimum atomic E-state index is 0.209. The molecule has 1 aromatic heterocycles. The van der Waals surface area contributed by atoms with Crippen molar-refractivity contribution in [3.05, 3.63) is 11.6 Å². The van der Waals surface area contributed by atoms with Crippen LogP contribution in [0, 0.1) is 11.3 Å². The number of hydrogen-bond donors (Lipinski definition) is 2. The molecule has 0 bridgehead atoms. The SMILES string of the molecule is CCCc1nc(C#N)c(NN)o1. The first-order chi connectivity index (χ1) is 5.81. The largest absolute Gasteiger partial charge is 0.422 e. The van der Waals surface area contributed by atoms with Gasteiger partial charge in [-0.3, -0.25) is 5.43 Å². The molecule has 0 spiro atoms. The van der Waals surface area contributed by atoms with E-state index in [1.54, 1.807) is 0 Å². The van der Waals surface area contributed by atoms with E-state index in [2.05, 4.69) is 10.4 Å². The number of nitrogens with zero attached hydrogens (tertiary/aromatic N) is 2. The van der Waals surface area contributed by atoms with Gasteiger partial charge in [0.1, 0.15) is 6.07 Å². The van der Waals surface area contributed by atoms with Crippen LogP contribution in [0.15, 0.2) is 4.42 Å². The van der Waals surface area contributed by atoms with Crippen LogP contribution in [-0.4, -0.2) is 4.98 Å². The topological polar surface area (TPSA) is 87.9 Å². The van der Waals surface area contributed by atoms with Crippen LogP contribution in [0.4, 0.5) is 5.88 Å². The van der Waals surface area contributed by atoms with E-state index in [9.17, 15) is 0 Å². The third-order valence-electron chi connectivity index (χ3n) is 1.37. The summed E-state index contributed by atoms with van der Waals surface area (Å²) in [6.07, 6.45) is 1.64. The van der Waals surface area contributed by atoms with Crippen LogP contribution in [-0.2, 0) is 6.42 Å². The Morgan fingerprint density at radius 3 is 2.92 bits per heavy atom. The fourth-order valence-corrected chi connectivity index (χ4v) is 0.859. The summed E-state index contributed by atoms with van der Waals surface area (Å²) in [6.45, 7) is 2.01. The molecule has 1 aromatic rings. The van der Waals surface area contributed by atoms with Crippen LogP contribution in [0.2, 0.25) is 0 Å². The number of aryl methyl sites for hydroxylation is 1. The molecule has 0 radical (unpaired) electrons. The highest BCUT2D eigenvalue weighted by Crippen LogP contribution is 2.15. The summed E-state index contributed by atoms with van der Waals surface area (Å²) in [5.41, 5.74) is 2.48. The Balaban J connectivity index is 2.91. The van der Waals surface area contributed by atoms with Crippen molar-refractivity contribution in [2.75, 3.05) is 5.43 Å². The molecule has 1 heterocycles. The van der Waals surface area contributed by atoms with E-state index in [0.717, 1.165) is 12.8 Å². The zero-order valence-electron chi connectivity index (χ0n) is 6.79. The third-order valence-corrected chi connectivity index (χ3v) is 1.37. The Morgan fingerprint density at radius 1 is 1.75 bits per heavy atom. The fraction of sp³-hybridized carbons (Fsp3) is 0.429. The van der Waals surface area contributed by atoms with Crippen LogP contribution in [0.5, 0.6) is 0 Å². The number of oxazole rings is 1. The van der Waals surface area contributed by atoms with Crippen molar-refractivity contribution in [3.8, 4) is 6.07 Å². The molecule has 0 aliphatic rings. The Labute approximate surface area is 70.2 Å². The molecular formula is C7H10N4O. The lowest BCUT2D eigenvalue weighted by atomic mass is 10.3. The highest BCUT2D eigenvalue weighted by atomic mass is 16.4. The first-order valence-corrected chi connectivity index (χ1v) is 3.68. The lowest BCUT2D eigenvalue weighted by Gasteiger charge is -1.90. The lowest BCUT2D eigenvalue weighted by molar-refractivity contribution is 0.502. The van der Waals surface area contributed by atoms with Crippen molar-refractivity contribution < 1.29 is 4.42 Å². The molecule has 0 amide bonds. The van der Waals surface area contributed by atoms with Crippen LogP contribution in [0.3, 0.4) is 0 Å². The second-order valence-electron chi connectivity index (χ2n) is 2.29. The van der Waals surface area contributed by atoms with Gasteiger partial charge in [-0.2, -0.15) is 5.26 Å². The van der Waals surface area contributed by atoms with E-state index >= 15 is 0 Å². The number of nitriles is 1. The number of aromatic nitrogens is 1. The molecule has 5 heteroatoms. The van der Waals surface area contributed by atoms with E-state index in [1.165, 1.54) is 0 Å². The van der Waals surface area contributed by atoms with Crippen molar-refractivity contribution in [1.82, 2.24) is 4.98 Å². The summed E-state index contributed by atoms with van der Waals surface area (Å²) in [6, 6.07) is 1.88. The van der Waals surface area contributed by atoms with Gasteiger partial charge in [0.2, 0.25) is 11.6 Å². The summed E-state index contributed by atoms with van der Waals surface area (Å²) in [4.78, 5) is 3.92. The van der Waals surface area contributed by atoms with Gasteiger partial charge in [-0.05, 0) is 6.42 Å². The quantitative estimate of drug-likeness (QED) is 0.511. The molecule has 0 saturated heterocycles. The maximum atomic E-state index is 8.56. The molecule has 0 unspecified atom stereocenters. The number of nitrogens with two attached hydrogens (primary N) is 1. The number of rotatable bonds is 3. The Morgan fingerprint density at radius 2 is 2.50 bits per heavy atom. The number of nitrogens with one attached hydrogen (secondary N) is 1. The molecule has 0 atom stereocenters. The molecule has 0 fully saturated rings. The Kier molecular flexibility index (Phi) is 2.66. The smallest absolute Gasteiger partial charge is 0.246 e. The summed E-state index contributed by atoms with van der Waals surface area (Å²) in [5.74, 6) is 5.88. The van der Waals surface area contributed by atoms with Gasteiger partial charge in [0.05, 0.1) is 0 Å². The molecule has 0 aliphatic heterocycles. The van der Waals surface area contributed by atoms with E-state index in [4.69, 9.17) is 15.5 Å². The van der Waals surface area contributed by atoms with Gasteiger partial charge >= 0.3 is 0 Å². The van der Waals surface area contributed by atoms with Gasteiger partial charge < -0.3 is 4.42 Å². The number of anilines is 1. The van der Waals surface area contributed by atoms with Crippen LogP contribution in [0.25, 0.3) is 0 Å². The van der Waals surface area contributed by atoms with Crippen molar-refractivity contribution in [2.45, 2.75) is 19.8 Å². The van der Waals surface area contributed by atoms with Crippen molar-refractivity contribution in [2.24, 2.45) is 5.84 Å². The Bertz CT molecular complexity index is 299. The molecule has 0 aromatic carbocycles. The van der Waals surface area contributed by atoms with Crippen LogP contribution < -0.4 is 11.3 Å². The maximum absolute atomic E-state index is 8.56. The molecule has 0 saturated carbocycles. The zero-order valence-corrected chi connectivity index (χ0v) is 6.79. The second-order valence-corrected chi connectivity index (χ2v) is 2.29. The number of hydrogen-bond acceptors (Lipinski definition) is 5. The maximum Gasteiger partial charge on any atom is 0.246 e. The Hall–Kier alpha value is -1.54. The molecule has 1 rings (SSSR count). The zero-order chi connectivity index (χ0) is 8.97. The first-order valence-electron chi connectivity index (χ1n) is 3.68. The average Bonchev–Trinajstić information content (AvgIpc) is 2.48. The molecule has 0 aliphatic carbocycles. The first kappa shape index (κ1) is 8.56. The third kappa shape index (κ3) is 1.54. The van der Waals surface area contributed by atoms with Gasteiger partial charge in [0.15, 0.2) is 5.89 Å². The highest BCUT2D eigenvalue weighted by molar-refractivity contribution is 5.43. The van der Waals surface area contributed by atoms with E-state index in [1.807, 2.05) is 13.0 Å². The normalized spacial score (nSPS) is 9.42. The molecule has 64 valence electrons. The molecule has 3 N–H and O–H groups in total. The summed E-state index contributed by atoms with van der Waals surface area (Å²) < 4.78 is 5.13. The molecular weight excluding hydrogens is 156 g/mol. The predicted octanol–water partition coefficient (Wildman–Crippen LogP) is 0.784. The van der Waals surface area contributed by atoms with Crippen molar-refractivity contribution in [3.63, 3.8) is 0 Å². The van der Waals surface area contributed by atoms with Gasteiger partial charge in [-0.15, -0.1) is 0 Å². The molecule has 5 nitrogen and oxygen atoms in total. The van der Waals surface area contributed by atoms with E-state index < -0.39 is 0 Å². The van der Waals surface area contributed by atoms with Crippen molar-refractivity contribution >= 4 is 5.88 Å². The summed E-state index contributed by atoms with van der Waals surface area (Å²) in [5, 5.41) is 8.56. The summed E-state index contributed by atoms with van der Waals surface area (Å²) >= 11 is 0. The minimum Gasteiger partial charge on any atom is -0.422 e. The van der Waals surface area contributed by atoms with Crippen LogP contribution in [0.1, 0.15) is 24.9 Å². The van der Waals surface area contributed by atoms with Gasteiger partial charge in [0, 0.05) is 6.42 Å².